The van der Waals surface area contributed by atoms with Crippen LogP contribution in [0.25, 0.3) is 0 Å². The molecule has 0 aromatic heterocycles. The summed E-state index contributed by atoms with van der Waals surface area (Å²) >= 11 is 3.32. The molecule has 2 unspecified atom stereocenters. The number of hydrogen-bond acceptors (Lipinski definition) is 6. The number of hydrogen-bond donors (Lipinski definition) is 1. The summed E-state index contributed by atoms with van der Waals surface area (Å²) in [4.78, 5) is 20.8. The maximum atomic E-state index is 11.2. The van der Waals surface area contributed by atoms with Crippen molar-refractivity contribution in [3.05, 3.63) is 23.8 Å². The molecule has 2 N–H and O–H groups in total. The fourth-order valence-corrected chi connectivity index (χ4v) is 2.88. The van der Waals surface area contributed by atoms with Crippen LogP contribution in [0.15, 0.2) is 33.8 Å². The number of carbonyl (C=O) groups excluding carboxylic acids is 1. The summed E-state index contributed by atoms with van der Waals surface area (Å²) in [7, 11) is 0. The van der Waals surface area contributed by atoms with Gasteiger partial charge < -0.3 is 19.5 Å². The number of amides is 1. The van der Waals surface area contributed by atoms with E-state index in [0.29, 0.717) is 22.7 Å². The minimum Gasteiger partial charge on any atom is -0.530 e. The Morgan fingerprint density at radius 1 is 1.65 bits per heavy atom. The van der Waals surface area contributed by atoms with Crippen LogP contribution < -0.4 is 10.9 Å². The molecule has 20 heavy (non-hydrogen) atoms. The van der Waals surface area contributed by atoms with Gasteiger partial charge in [-0.05, 0) is 0 Å². The molecule has 3 aliphatic rings. The van der Waals surface area contributed by atoms with Gasteiger partial charge in [0.25, 0.3) is 0 Å². The van der Waals surface area contributed by atoms with Crippen molar-refractivity contribution in [1.82, 2.24) is 4.90 Å². The molecule has 3 heterocycles. The van der Waals surface area contributed by atoms with Gasteiger partial charge in [-0.2, -0.15) is 10.8 Å². The molecule has 106 valence electrons. The van der Waals surface area contributed by atoms with Crippen molar-refractivity contribution in [1.29, 1.82) is 0 Å². The molecule has 1 fully saturated rings. The maximum Gasteiger partial charge on any atom is 0.301 e. The second-order valence-electron chi connectivity index (χ2n) is 4.55. The molecule has 3 rings (SSSR count). The molecule has 0 bridgehead atoms. The Balaban J connectivity index is 2.04. The van der Waals surface area contributed by atoms with E-state index in [4.69, 9.17) is 10.6 Å². The highest BCUT2D eigenvalue weighted by Gasteiger charge is 2.45. The first kappa shape index (κ1) is 13.4. The number of ether oxygens (including phenoxy) is 1. The molecule has 0 saturated carbocycles. The number of nitrogens with zero attached hydrogens (tertiary/aromatic N) is 4. The van der Waals surface area contributed by atoms with Gasteiger partial charge in [0.05, 0.1) is 25.6 Å². The average molecular weight is 342 g/mol. The lowest BCUT2D eigenvalue weighted by molar-refractivity contribution is -0.746. The fourth-order valence-electron chi connectivity index (χ4n) is 2.38. The van der Waals surface area contributed by atoms with E-state index in [-0.39, 0.29) is 17.7 Å². The first-order valence-electron chi connectivity index (χ1n) is 5.97. The van der Waals surface area contributed by atoms with Crippen LogP contribution in [0.1, 0.15) is 0 Å². The molecule has 9 heteroatoms. The third kappa shape index (κ3) is 1.90. The van der Waals surface area contributed by atoms with Crippen molar-refractivity contribution < 1.29 is 19.2 Å². The second kappa shape index (κ2) is 4.77. The molecule has 3 aliphatic heterocycles. The predicted molar refractivity (Wildman–Crippen MR) is 72.2 cm³/mol. The van der Waals surface area contributed by atoms with Crippen LogP contribution in [-0.4, -0.2) is 52.3 Å². The van der Waals surface area contributed by atoms with Crippen molar-refractivity contribution in [2.24, 2.45) is 15.8 Å². The summed E-state index contributed by atoms with van der Waals surface area (Å²) in [6.45, 7) is 0.803. The standard InChI is InChI=1S/C11H12BrN5O3/c12-10-15-9(8-5-14-1-3-17(8,10)13)7-6-20-4-2-16(7)11(18)19/h1,3,5,7H,2,4,6,13H2. The lowest BCUT2D eigenvalue weighted by Crippen LogP contribution is -2.55. The van der Waals surface area contributed by atoms with Gasteiger partial charge in [-0.15, -0.1) is 4.59 Å². The summed E-state index contributed by atoms with van der Waals surface area (Å²) in [5.74, 6) is 6.23. The van der Waals surface area contributed by atoms with E-state index >= 15 is 0 Å². The van der Waals surface area contributed by atoms with Crippen LogP contribution in [0.2, 0.25) is 0 Å². The fraction of sp³-hybridized carbons (Fsp3) is 0.364. The predicted octanol–water partition coefficient (Wildman–Crippen LogP) is -0.747. The van der Waals surface area contributed by atoms with Crippen LogP contribution in [-0.2, 0) is 4.74 Å². The first-order valence-corrected chi connectivity index (χ1v) is 6.76. The Bertz CT molecular complexity index is 585. The minimum absolute atomic E-state index is 0.157. The van der Waals surface area contributed by atoms with Gasteiger partial charge in [0.1, 0.15) is 24.0 Å². The highest BCUT2D eigenvalue weighted by atomic mass is 79.9. The van der Waals surface area contributed by atoms with Gasteiger partial charge in [0, 0.05) is 22.5 Å². The summed E-state index contributed by atoms with van der Waals surface area (Å²) in [5.41, 5.74) is 1.14. The molecule has 0 aliphatic carbocycles. The number of aliphatic imine (C=N–C) groups is 2. The number of nitrogens with two attached hydrogens (primary N) is 1. The van der Waals surface area contributed by atoms with Gasteiger partial charge >= 0.3 is 4.74 Å². The minimum atomic E-state index is -1.25. The SMILES string of the molecule is N[N+]12C=CN=CC1=C(C1COCCN1C(=O)[O-])N=C2Br. The van der Waals surface area contributed by atoms with E-state index < -0.39 is 12.1 Å². The molecule has 0 aromatic rings. The number of morpholine rings is 1. The van der Waals surface area contributed by atoms with E-state index in [9.17, 15) is 9.90 Å². The van der Waals surface area contributed by atoms with Gasteiger partial charge in [-0.3, -0.25) is 4.99 Å². The number of carbonyl (C=O) groups is 1. The second-order valence-corrected chi connectivity index (χ2v) is 5.26. The number of fused-ring (bicyclic) bond motifs is 1. The Kier molecular flexibility index (Phi) is 3.21. The Morgan fingerprint density at radius 2 is 2.45 bits per heavy atom. The maximum absolute atomic E-state index is 11.2. The highest BCUT2D eigenvalue weighted by Crippen LogP contribution is 2.33. The van der Waals surface area contributed by atoms with E-state index in [1.165, 1.54) is 4.90 Å². The monoisotopic (exact) mass is 341 g/mol. The Morgan fingerprint density at radius 3 is 3.20 bits per heavy atom. The smallest absolute Gasteiger partial charge is 0.301 e. The molecule has 0 aromatic carbocycles. The van der Waals surface area contributed by atoms with Crippen LogP contribution in [0.5, 0.6) is 0 Å². The molecule has 2 atom stereocenters. The lowest BCUT2D eigenvalue weighted by atomic mass is 10.1. The number of quaternary nitrogens is 1. The van der Waals surface area contributed by atoms with Crippen molar-refractivity contribution >= 4 is 33.0 Å². The number of amidine groups is 1. The highest BCUT2D eigenvalue weighted by molar-refractivity contribution is 9.18. The molecular formula is C11H12BrN5O3. The van der Waals surface area contributed by atoms with Crippen molar-refractivity contribution in [3.63, 3.8) is 0 Å². The molecule has 0 spiro atoms. The summed E-state index contributed by atoms with van der Waals surface area (Å²) in [6, 6.07) is -0.544. The van der Waals surface area contributed by atoms with Crippen LogP contribution in [0, 0.1) is 0 Å². The Hall–Kier alpha value is -1.55. The number of halogens is 1. The van der Waals surface area contributed by atoms with Gasteiger partial charge in [0.15, 0.2) is 0 Å². The zero-order chi connectivity index (χ0) is 14.3. The van der Waals surface area contributed by atoms with Crippen LogP contribution >= 0.6 is 15.9 Å². The van der Waals surface area contributed by atoms with Gasteiger partial charge in [-0.1, -0.05) is 0 Å². The molecule has 1 amide bonds. The normalized spacial score (nSPS) is 32.4. The van der Waals surface area contributed by atoms with Crippen LogP contribution in [0.4, 0.5) is 4.79 Å². The number of allylic oxidation sites excluding steroid dienone is 1. The largest absolute Gasteiger partial charge is 0.530 e. The molecular weight excluding hydrogens is 330 g/mol. The number of rotatable bonds is 1. The number of carboxylic acid groups (broad SMARTS) is 1. The van der Waals surface area contributed by atoms with Gasteiger partial charge in [0.2, 0.25) is 5.70 Å². The summed E-state index contributed by atoms with van der Waals surface area (Å²) in [6.07, 6.45) is 3.55. The third-order valence-corrected chi connectivity index (χ3v) is 4.21. The summed E-state index contributed by atoms with van der Waals surface area (Å²) < 4.78 is 5.67. The molecule has 0 radical (unpaired) electrons. The van der Waals surface area contributed by atoms with E-state index in [1.807, 2.05) is 0 Å². The molecule has 1 saturated heterocycles. The molecule has 8 nitrogen and oxygen atoms in total. The van der Waals surface area contributed by atoms with E-state index in [1.54, 1.807) is 18.6 Å². The van der Waals surface area contributed by atoms with Crippen molar-refractivity contribution in [2.45, 2.75) is 6.04 Å². The lowest BCUT2D eigenvalue weighted by Gasteiger charge is -2.37. The van der Waals surface area contributed by atoms with Crippen molar-refractivity contribution in [2.75, 3.05) is 19.8 Å². The van der Waals surface area contributed by atoms with Gasteiger partial charge in [-0.25, -0.2) is 0 Å². The van der Waals surface area contributed by atoms with Crippen molar-refractivity contribution in [3.8, 4) is 0 Å². The third-order valence-electron chi connectivity index (χ3n) is 3.44. The zero-order valence-corrected chi connectivity index (χ0v) is 12.0. The van der Waals surface area contributed by atoms with Crippen LogP contribution in [0.3, 0.4) is 0 Å². The van der Waals surface area contributed by atoms with E-state index in [0.717, 1.165) is 0 Å². The average Bonchev–Trinajstić information content (AvgIpc) is 2.71. The summed E-state index contributed by atoms with van der Waals surface area (Å²) in [5, 5.41) is 11.2. The zero-order valence-electron chi connectivity index (χ0n) is 10.4. The Labute approximate surface area is 123 Å². The topological polar surface area (TPSA) is 103 Å². The first-order chi connectivity index (χ1) is 9.54. The quantitative estimate of drug-likeness (QED) is 0.385. The van der Waals surface area contributed by atoms with E-state index in [2.05, 4.69) is 25.9 Å².